The molecular formula is C39H64N2O13. The van der Waals surface area contributed by atoms with Gasteiger partial charge in [0.05, 0.1) is 29.9 Å². The number of fused-ring (bicyclic) bond motifs is 1. The van der Waals surface area contributed by atoms with E-state index in [1.807, 2.05) is 25.9 Å². The number of rotatable bonds is 8. The van der Waals surface area contributed by atoms with Crippen LogP contribution in [0.15, 0.2) is 0 Å². The number of hydrogen-bond acceptors (Lipinski definition) is 14. The first-order valence-electron chi connectivity index (χ1n) is 19.0. The van der Waals surface area contributed by atoms with Gasteiger partial charge < -0.3 is 38.1 Å². The van der Waals surface area contributed by atoms with Crippen molar-refractivity contribution in [3.05, 3.63) is 0 Å². The number of ether oxygens (including phenoxy) is 7. The lowest BCUT2D eigenvalue weighted by Gasteiger charge is -2.47. The second-order valence-corrected chi connectivity index (χ2v) is 17.0. The zero-order valence-corrected chi connectivity index (χ0v) is 34.9. The van der Waals surface area contributed by atoms with E-state index in [0.717, 1.165) is 0 Å². The summed E-state index contributed by atoms with van der Waals surface area (Å²) in [6.07, 6.45) is -4.69. The van der Waals surface area contributed by atoms with Crippen molar-refractivity contribution in [3.8, 4) is 0 Å². The van der Waals surface area contributed by atoms with Gasteiger partial charge in [0.15, 0.2) is 23.8 Å². The SMILES string of the molecule is CC[C@H]1OC(=O)[C@H](C)C(=O)[C@H](C)[C@@H](O[C@@H]2O[C@H](C)C[C@H](N(C)C)[C@H]2OC(C)=O)[C@](C)(OC)C[C@@H](C)C(=O)[C@H](C)[C@H]2N(CC(=O)OC(C)(C)C)C(=O)O[C@]12C. The number of Topliss-reactive ketones (excluding diaryl/α,β-unsaturated/α-hetero) is 2. The Kier molecular flexibility index (Phi) is 14.5. The van der Waals surface area contributed by atoms with E-state index in [2.05, 4.69) is 0 Å². The lowest BCUT2D eigenvalue weighted by Crippen LogP contribution is -2.61. The molecule has 0 aromatic carbocycles. The van der Waals surface area contributed by atoms with Crippen LogP contribution in [-0.4, -0.2) is 133 Å². The van der Waals surface area contributed by atoms with E-state index in [1.165, 1.54) is 25.9 Å². The first-order chi connectivity index (χ1) is 24.8. The summed E-state index contributed by atoms with van der Waals surface area (Å²) in [4.78, 5) is 84.9. The Hall–Kier alpha value is -3.14. The standard InChI is InChI=1S/C39H64N2O13/c1-16-27-39(12)32(41(36(47)54-39)19-28(43)53-37(8,9)10)22(4)29(44)20(2)18-38(11,48-15)33(23(5)30(45)24(6)34(46)51-27)52-35-31(50-25(7)42)26(40(13)14)17-21(3)49-35/h20-24,26-27,31-33,35H,16-19H2,1-15H3/t20-,21-,22+,23+,24-,26+,27-,31-,32-,33-,35+,38-,39-/m1/s1. The summed E-state index contributed by atoms with van der Waals surface area (Å²) in [6, 6.07) is -1.36. The Morgan fingerprint density at radius 1 is 0.981 bits per heavy atom. The number of cyclic esters (lactones) is 1. The fraction of sp³-hybridized carbons (Fsp3) is 0.846. The van der Waals surface area contributed by atoms with Crippen LogP contribution in [0, 0.1) is 23.7 Å². The molecule has 15 nitrogen and oxygen atoms in total. The topological polar surface area (TPSA) is 174 Å². The van der Waals surface area contributed by atoms with Crippen LogP contribution in [0.2, 0.25) is 0 Å². The summed E-state index contributed by atoms with van der Waals surface area (Å²) in [7, 11) is 5.16. The van der Waals surface area contributed by atoms with E-state index in [-0.39, 0.29) is 30.8 Å². The molecule has 0 radical (unpaired) electrons. The molecule has 54 heavy (non-hydrogen) atoms. The summed E-state index contributed by atoms with van der Waals surface area (Å²) in [6.45, 7) is 19.2. The number of esters is 3. The Balaban J connectivity index is 2.17. The van der Waals surface area contributed by atoms with Gasteiger partial charge in [-0.25, -0.2) is 4.79 Å². The molecule has 15 heteroatoms. The van der Waals surface area contributed by atoms with E-state index in [4.69, 9.17) is 33.2 Å². The molecule has 3 rings (SSSR count). The maximum absolute atomic E-state index is 14.6. The minimum atomic E-state index is -1.59. The highest BCUT2D eigenvalue weighted by molar-refractivity contribution is 6.00. The van der Waals surface area contributed by atoms with E-state index in [0.29, 0.717) is 6.42 Å². The zero-order chi connectivity index (χ0) is 41.2. The second kappa shape index (κ2) is 17.3. The minimum Gasteiger partial charge on any atom is -0.459 e. The van der Waals surface area contributed by atoms with E-state index in [1.54, 1.807) is 62.3 Å². The quantitative estimate of drug-likeness (QED) is 0.196. The van der Waals surface area contributed by atoms with Gasteiger partial charge in [-0.05, 0) is 81.8 Å². The van der Waals surface area contributed by atoms with Crippen molar-refractivity contribution in [1.82, 2.24) is 9.80 Å². The van der Waals surface area contributed by atoms with Crippen molar-refractivity contribution >= 4 is 35.6 Å². The molecule has 0 unspecified atom stereocenters. The average molecular weight is 769 g/mol. The fourth-order valence-corrected chi connectivity index (χ4v) is 8.46. The molecule has 3 aliphatic heterocycles. The summed E-state index contributed by atoms with van der Waals surface area (Å²) in [5, 5.41) is 0. The monoisotopic (exact) mass is 768 g/mol. The molecule has 0 saturated carbocycles. The molecule has 0 N–H and O–H groups in total. The van der Waals surface area contributed by atoms with E-state index >= 15 is 0 Å². The van der Waals surface area contributed by atoms with Crippen LogP contribution in [0.5, 0.6) is 0 Å². The van der Waals surface area contributed by atoms with E-state index < -0.39 is 107 Å². The molecular weight excluding hydrogens is 704 g/mol. The smallest absolute Gasteiger partial charge is 0.411 e. The molecule has 308 valence electrons. The first kappa shape index (κ1) is 45.3. The van der Waals surface area contributed by atoms with Gasteiger partial charge in [-0.1, -0.05) is 27.7 Å². The Bertz CT molecular complexity index is 1410. The average Bonchev–Trinajstić information content (AvgIpc) is 3.31. The van der Waals surface area contributed by atoms with Crippen molar-refractivity contribution in [3.63, 3.8) is 0 Å². The van der Waals surface area contributed by atoms with Crippen molar-refractivity contribution in [1.29, 1.82) is 0 Å². The third-order valence-electron chi connectivity index (χ3n) is 11.2. The van der Waals surface area contributed by atoms with Gasteiger partial charge >= 0.3 is 24.0 Å². The van der Waals surface area contributed by atoms with Crippen LogP contribution in [0.4, 0.5) is 4.79 Å². The van der Waals surface area contributed by atoms with Gasteiger partial charge in [0.1, 0.15) is 30.0 Å². The summed E-state index contributed by atoms with van der Waals surface area (Å²) in [5.74, 6) is -6.95. The highest BCUT2D eigenvalue weighted by Crippen LogP contribution is 2.43. The van der Waals surface area contributed by atoms with Crippen molar-refractivity contribution in [2.24, 2.45) is 23.7 Å². The third-order valence-corrected chi connectivity index (χ3v) is 11.2. The Morgan fingerprint density at radius 3 is 2.11 bits per heavy atom. The number of methoxy groups -OCH3 is 1. The first-order valence-corrected chi connectivity index (χ1v) is 19.0. The molecule has 3 aliphatic rings. The van der Waals surface area contributed by atoms with Gasteiger partial charge in [-0.3, -0.25) is 28.9 Å². The molecule has 3 heterocycles. The summed E-state index contributed by atoms with van der Waals surface area (Å²) >= 11 is 0. The highest BCUT2D eigenvalue weighted by Gasteiger charge is 2.61. The predicted molar refractivity (Wildman–Crippen MR) is 195 cm³/mol. The maximum atomic E-state index is 14.6. The maximum Gasteiger partial charge on any atom is 0.411 e. The lowest BCUT2D eigenvalue weighted by molar-refractivity contribution is -0.298. The van der Waals surface area contributed by atoms with Gasteiger partial charge in [0.25, 0.3) is 0 Å². The molecule has 3 fully saturated rings. The number of ketones is 2. The number of likely N-dealkylation sites (N-methyl/N-ethyl adjacent to an activating group) is 1. The van der Waals surface area contributed by atoms with Crippen molar-refractivity contribution in [2.75, 3.05) is 27.7 Å². The van der Waals surface area contributed by atoms with Gasteiger partial charge in [0, 0.05) is 31.8 Å². The minimum absolute atomic E-state index is 0.0346. The zero-order valence-electron chi connectivity index (χ0n) is 34.9. The molecule has 3 saturated heterocycles. The molecule has 0 aromatic rings. The van der Waals surface area contributed by atoms with E-state index in [9.17, 15) is 28.8 Å². The normalized spacial score (nSPS) is 38.7. The van der Waals surface area contributed by atoms with Gasteiger partial charge in [-0.15, -0.1) is 0 Å². The number of amides is 1. The molecule has 13 atom stereocenters. The van der Waals surface area contributed by atoms with Crippen LogP contribution < -0.4 is 0 Å². The molecule has 0 aromatic heterocycles. The Labute approximate surface area is 320 Å². The summed E-state index contributed by atoms with van der Waals surface area (Å²) < 4.78 is 42.4. The number of carbonyl (C=O) groups is 6. The van der Waals surface area contributed by atoms with Crippen LogP contribution in [0.3, 0.4) is 0 Å². The van der Waals surface area contributed by atoms with Crippen LogP contribution in [0.25, 0.3) is 0 Å². The summed E-state index contributed by atoms with van der Waals surface area (Å²) in [5.41, 5.74) is -3.79. The number of hydrogen-bond donors (Lipinski definition) is 0. The molecule has 1 amide bonds. The molecule has 0 spiro atoms. The lowest BCUT2D eigenvalue weighted by atomic mass is 9.73. The third kappa shape index (κ3) is 9.80. The predicted octanol–water partition coefficient (Wildman–Crippen LogP) is 4.10. The number of nitrogens with zero attached hydrogens (tertiary/aromatic N) is 2. The largest absolute Gasteiger partial charge is 0.459 e. The Morgan fingerprint density at radius 2 is 1.59 bits per heavy atom. The van der Waals surface area contributed by atoms with Crippen molar-refractivity contribution in [2.45, 2.75) is 162 Å². The molecule has 0 aliphatic carbocycles. The van der Waals surface area contributed by atoms with Crippen LogP contribution in [0.1, 0.15) is 102 Å². The van der Waals surface area contributed by atoms with Crippen molar-refractivity contribution < 1.29 is 61.9 Å². The van der Waals surface area contributed by atoms with Gasteiger partial charge in [-0.2, -0.15) is 0 Å². The second-order valence-electron chi connectivity index (χ2n) is 17.0. The highest BCUT2D eigenvalue weighted by atomic mass is 16.7. The van der Waals surface area contributed by atoms with Gasteiger partial charge in [0.2, 0.25) is 0 Å². The fourth-order valence-electron chi connectivity index (χ4n) is 8.46. The van der Waals surface area contributed by atoms with Crippen LogP contribution >= 0.6 is 0 Å². The number of carbonyl (C=O) groups excluding carboxylic acids is 6. The van der Waals surface area contributed by atoms with Crippen LogP contribution in [-0.2, 0) is 57.1 Å². The molecule has 0 bridgehead atoms.